The van der Waals surface area contributed by atoms with Crippen molar-refractivity contribution >= 4 is 35.0 Å². The Bertz CT molecular complexity index is 954. The maximum atomic E-state index is 12.6. The lowest BCUT2D eigenvalue weighted by molar-refractivity contribution is -0.129. The Labute approximate surface area is 173 Å². The molecule has 150 valence electrons. The van der Waals surface area contributed by atoms with Gasteiger partial charge in [0.25, 0.3) is 0 Å². The van der Waals surface area contributed by atoms with Gasteiger partial charge in [0.1, 0.15) is 12.3 Å². The number of anilines is 1. The first kappa shape index (κ1) is 20.7. The number of hydrogen-bond donors (Lipinski definition) is 1. The van der Waals surface area contributed by atoms with Gasteiger partial charge in [-0.1, -0.05) is 36.0 Å². The maximum absolute atomic E-state index is 12.6. The number of ether oxygens (including phenoxy) is 1. The fraction of sp³-hybridized carbons (Fsp3) is 0.227. The van der Waals surface area contributed by atoms with Crippen molar-refractivity contribution < 1.29 is 19.1 Å². The lowest BCUT2D eigenvalue weighted by Gasteiger charge is -2.17. The Hall–Kier alpha value is -3.06. The summed E-state index contributed by atoms with van der Waals surface area (Å²) >= 11 is 1.26. The van der Waals surface area contributed by atoms with E-state index in [1.165, 1.54) is 22.7 Å². The zero-order chi connectivity index (χ0) is 20.8. The minimum absolute atomic E-state index is 0.147. The SMILES string of the molecule is CCOc1ccc(NC(=O)CN2C(=O)CS/C2=C\C(=O)c2ccccc2C)cc1. The van der Waals surface area contributed by atoms with Crippen LogP contribution in [0.1, 0.15) is 22.8 Å². The largest absolute Gasteiger partial charge is 0.494 e. The first-order valence-corrected chi connectivity index (χ1v) is 10.2. The summed E-state index contributed by atoms with van der Waals surface area (Å²) in [4.78, 5) is 38.6. The van der Waals surface area contributed by atoms with Gasteiger partial charge in [-0.2, -0.15) is 0 Å². The lowest BCUT2D eigenvalue weighted by atomic mass is 10.1. The minimum atomic E-state index is -0.334. The Balaban J connectivity index is 1.68. The Morgan fingerprint density at radius 1 is 1.17 bits per heavy atom. The molecule has 1 saturated heterocycles. The number of aryl methyl sites for hydroxylation is 1. The van der Waals surface area contributed by atoms with Gasteiger partial charge in [-0.3, -0.25) is 19.3 Å². The molecule has 29 heavy (non-hydrogen) atoms. The zero-order valence-corrected chi connectivity index (χ0v) is 17.1. The molecule has 1 heterocycles. The van der Waals surface area contributed by atoms with Crippen LogP contribution in [0.25, 0.3) is 0 Å². The molecule has 0 aromatic heterocycles. The highest BCUT2D eigenvalue weighted by atomic mass is 32.2. The van der Waals surface area contributed by atoms with Crippen LogP contribution in [0.2, 0.25) is 0 Å². The number of thioether (sulfide) groups is 1. The van der Waals surface area contributed by atoms with E-state index in [1.54, 1.807) is 36.4 Å². The van der Waals surface area contributed by atoms with Crippen LogP contribution >= 0.6 is 11.8 Å². The quantitative estimate of drug-likeness (QED) is 0.557. The molecule has 2 amide bonds. The van der Waals surface area contributed by atoms with Crippen molar-refractivity contribution in [3.05, 3.63) is 70.8 Å². The molecule has 1 aliphatic rings. The fourth-order valence-corrected chi connectivity index (χ4v) is 3.82. The van der Waals surface area contributed by atoms with Gasteiger partial charge in [0.15, 0.2) is 5.78 Å². The third-order valence-electron chi connectivity index (χ3n) is 4.33. The molecule has 3 rings (SSSR count). The van der Waals surface area contributed by atoms with Crippen molar-refractivity contribution in [3.8, 4) is 5.75 Å². The van der Waals surface area contributed by atoms with Gasteiger partial charge >= 0.3 is 0 Å². The minimum Gasteiger partial charge on any atom is -0.494 e. The third-order valence-corrected chi connectivity index (χ3v) is 5.35. The van der Waals surface area contributed by atoms with Gasteiger partial charge in [-0.15, -0.1) is 0 Å². The van der Waals surface area contributed by atoms with Crippen molar-refractivity contribution in [1.29, 1.82) is 0 Å². The Kier molecular flexibility index (Phi) is 6.72. The van der Waals surface area contributed by atoms with E-state index in [4.69, 9.17) is 4.74 Å². The van der Waals surface area contributed by atoms with Crippen LogP contribution in [0.4, 0.5) is 5.69 Å². The summed E-state index contributed by atoms with van der Waals surface area (Å²) in [6, 6.07) is 14.3. The third kappa shape index (κ3) is 5.26. The maximum Gasteiger partial charge on any atom is 0.244 e. The highest BCUT2D eigenvalue weighted by molar-refractivity contribution is 8.04. The Morgan fingerprint density at radius 3 is 2.59 bits per heavy atom. The summed E-state index contributed by atoms with van der Waals surface area (Å²) in [7, 11) is 0. The first-order valence-electron chi connectivity index (χ1n) is 9.25. The number of carbonyl (C=O) groups excluding carboxylic acids is 3. The number of nitrogens with zero attached hydrogens (tertiary/aromatic N) is 1. The van der Waals surface area contributed by atoms with Gasteiger partial charge in [0.05, 0.1) is 17.4 Å². The molecule has 1 aliphatic heterocycles. The summed E-state index contributed by atoms with van der Waals surface area (Å²) in [5.41, 5.74) is 2.06. The monoisotopic (exact) mass is 410 g/mol. The van der Waals surface area contributed by atoms with E-state index in [9.17, 15) is 14.4 Å². The van der Waals surface area contributed by atoms with Crippen molar-refractivity contribution in [1.82, 2.24) is 4.90 Å². The van der Waals surface area contributed by atoms with E-state index < -0.39 is 0 Å². The van der Waals surface area contributed by atoms with Gasteiger partial charge in [0.2, 0.25) is 11.8 Å². The highest BCUT2D eigenvalue weighted by Gasteiger charge is 2.29. The van der Waals surface area contributed by atoms with Crippen molar-refractivity contribution in [3.63, 3.8) is 0 Å². The topological polar surface area (TPSA) is 75.7 Å². The molecule has 6 nitrogen and oxygen atoms in total. The number of rotatable bonds is 7. The number of amides is 2. The second-order valence-electron chi connectivity index (χ2n) is 6.44. The number of allylic oxidation sites excluding steroid dienone is 1. The normalized spacial score (nSPS) is 14.9. The van der Waals surface area contributed by atoms with Crippen molar-refractivity contribution in [2.45, 2.75) is 13.8 Å². The molecule has 0 bridgehead atoms. The van der Waals surface area contributed by atoms with Crippen LogP contribution in [0, 0.1) is 6.92 Å². The zero-order valence-electron chi connectivity index (χ0n) is 16.3. The van der Waals surface area contributed by atoms with Crippen LogP contribution in [0.5, 0.6) is 5.75 Å². The number of hydrogen-bond acceptors (Lipinski definition) is 5. The smallest absolute Gasteiger partial charge is 0.244 e. The van der Waals surface area contributed by atoms with Crippen LogP contribution in [-0.2, 0) is 9.59 Å². The average Bonchev–Trinajstić information content (AvgIpc) is 3.03. The predicted octanol–water partition coefficient (Wildman–Crippen LogP) is 3.63. The highest BCUT2D eigenvalue weighted by Crippen LogP contribution is 2.29. The van der Waals surface area contributed by atoms with Crippen LogP contribution in [0.15, 0.2) is 59.6 Å². The number of ketones is 1. The van der Waals surface area contributed by atoms with E-state index in [-0.39, 0.29) is 29.9 Å². The molecule has 7 heteroatoms. The molecule has 1 N–H and O–H groups in total. The molecule has 0 aliphatic carbocycles. The average molecular weight is 410 g/mol. The molecular weight excluding hydrogens is 388 g/mol. The molecule has 0 radical (unpaired) electrons. The number of benzene rings is 2. The van der Waals surface area contributed by atoms with E-state index in [1.807, 2.05) is 26.0 Å². The van der Waals surface area contributed by atoms with E-state index in [0.717, 1.165) is 11.3 Å². The van der Waals surface area contributed by atoms with E-state index >= 15 is 0 Å². The summed E-state index contributed by atoms with van der Waals surface area (Å²) < 4.78 is 5.38. The van der Waals surface area contributed by atoms with Gasteiger partial charge in [-0.05, 0) is 43.7 Å². The van der Waals surface area contributed by atoms with Crippen LogP contribution in [-0.4, -0.2) is 41.4 Å². The fourth-order valence-electron chi connectivity index (χ4n) is 2.88. The second-order valence-corrected chi connectivity index (χ2v) is 7.43. The van der Waals surface area contributed by atoms with Gasteiger partial charge < -0.3 is 10.1 Å². The molecule has 2 aromatic carbocycles. The van der Waals surface area contributed by atoms with E-state index in [2.05, 4.69) is 5.32 Å². The summed E-state index contributed by atoms with van der Waals surface area (Å²) in [6.07, 6.45) is 1.43. The molecule has 0 unspecified atom stereocenters. The lowest BCUT2D eigenvalue weighted by Crippen LogP contribution is -2.34. The molecule has 1 fully saturated rings. The van der Waals surface area contributed by atoms with Crippen LogP contribution < -0.4 is 10.1 Å². The van der Waals surface area contributed by atoms with Crippen molar-refractivity contribution in [2.75, 3.05) is 24.2 Å². The molecule has 0 saturated carbocycles. The molecular formula is C22H22N2O4S. The molecule has 2 aromatic rings. The standard InChI is InChI=1S/C22H22N2O4S/c1-3-28-17-10-8-16(9-11-17)23-20(26)13-24-21(27)14-29-22(24)12-19(25)18-7-5-4-6-15(18)2/h4-12H,3,13-14H2,1-2H3,(H,23,26)/b22-12-. The van der Waals surface area contributed by atoms with Crippen molar-refractivity contribution in [2.24, 2.45) is 0 Å². The number of carbonyl (C=O) groups is 3. The summed E-state index contributed by atoms with van der Waals surface area (Å²) in [5.74, 6) is 0.220. The number of nitrogens with one attached hydrogen (secondary N) is 1. The predicted molar refractivity (Wildman–Crippen MR) is 114 cm³/mol. The summed E-state index contributed by atoms with van der Waals surface area (Å²) in [6.45, 7) is 4.18. The van der Waals surface area contributed by atoms with Gasteiger partial charge in [-0.25, -0.2) is 0 Å². The summed E-state index contributed by atoms with van der Waals surface area (Å²) in [5, 5.41) is 3.25. The molecule has 0 spiro atoms. The van der Waals surface area contributed by atoms with Crippen LogP contribution in [0.3, 0.4) is 0 Å². The second kappa shape index (κ2) is 9.43. The van der Waals surface area contributed by atoms with E-state index in [0.29, 0.717) is 22.9 Å². The van der Waals surface area contributed by atoms with Gasteiger partial charge in [0, 0.05) is 17.3 Å². The first-order chi connectivity index (χ1) is 14.0. The Morgan fingerprint density at radius 2 is 1.90 bits per heavy atom. The molecule has 0 atom stereocenters.